The van der Waals surface area contributed by atoms with E-state index in [1.807, 2.05) is 6.07 Å². The Balaban J connectivity index is 0.000000296. The molecule has 3 rings (SSSR count). The number of nitrogens with one attached hydrogen (secondary N) is 3. The lowest BCUT2D eigenvalue weighted by molar-refractivity contribution is -0.139. The van der Waals surface area contributed by atoms with Crippen LogP contribution in [-0.4, -0.2) is 45.4 Å². The minimum atomic E-state index is -1.13. The minimum absolute atomic E-state index is 0.378. The molecule has 0 fully saturated rings. The molecule has 12 heteroatoms. The number of anilines is 1. The van der Waals surface area contributed by atoms with E-state index in [0.29, 0.717) is 16.3 Å². The number of rotatable bonds is 7. The molecule has 11 nitrogen and oxygen atoms in total. The molecule has 220 valence electrons. The first-order valence-electron chi connectivity index (χ1n) is 12.7. The van der Waals surface area contributed by atoms with E-state index in [2.05, 4.69) is 20.9 Å². The predicted molar refractivity (Wildman–Crippen MR) is 155 cm³/mol. The smallest absolute Gasteiger partial charge is 0.408 e. The molecule has 4 N–H and O–H groups in total. The molecule has 0 saturated heterocycles. The van der Waals surface area contributed by atoms with Crippen molar-refractivity contribution in [1.82, 2.24) is 15.6 Å². The van der Waals surface area contributed by atoms with E-state index in [1.165, 1.54) is 11.3 Å². The lowest BCUT2D eigenvalue weighted by Gasteiger charge is -2.23. The number of carbonyl (C=O) groups excluding carboxylic acids is 3. The molecule has 0 aliphatic heterocycles. The summed E-state index contributed by atoms with van der Waals surface area (Å²) in [5.74, 6) is -1.51. The largest absolute Gasteiger partial charge is 0.479 e. The maximum atomic E-state index is 12.5. The van der Waals surface area contributed by atoms with Gasteiger partial charge in [0.15, 0.2) is 11.2 Å². The molecule has 2 aromatic carbocycles. The van der Waals surface area contributed by atoms with Gasteiger partial charge in [-0.05, 0) is 52.7 Å². The highest BCUT2D eigenvalue weighted by Crippen LogP contribution is 2.19. The molecule has 0 bridgehead atoms. The van der Waals surface area contributed by atoms with Gasteiger partial charge < -0.3 is 25.2 Å². The van der Waals surface area contributed by atoms with Crippen molar-refractivity contribution in [2.45, 2.75) is 64.8 Å². The van der Waals surface area contributed by atoms with Gasteiger partial charge in [-0.3, -0.25) is 10.1 Å². The summed E-state index contributed by atoms with van der Waals surface area (Å²) in [4.78, 5) is 51.2. The van der Waals surface area contributed by atoms with Gasteiger partial charge in [-0.15, -0.1) is 11.3 Å². The highest BCUT2D eigenvalue weighted by Gasteiger charge is 2.27. The molecule has 2 unspecified atom stereocenters. The fourth-order valence-corrected chi connectivity index (χ4v) is 3.72. The predicted octanol–water partition coefficient (Wildman–Crippen LogP) is 5.68. The van der Waals surface area contributed by atoms with Crippen LogP contribution >= 0.6 is 11.3 Å². The number of ether oxygens (including phenoxy) is 2. The van der Waals surface area contributed by atoms with E-state index < -0.39 is 41.4 Å². The zero-order valence-electron chi connectivity index (χ0n) is 23.8. The number of amides is 3. The number of aliphatic carboxylic acids is 1. The Hall–Kier alpha value is -4.45. The first-order chi connectivity index (χ1) is 19.1. The van der Waals surface area contributed by atoms with E-state index >= 15 is 0 Å². The fourth-order valence-electron chi connectivity index (χ4n) is 3.19. The molecular formula is C29H36N4O7S. The minimum Gasteiger partial charge on any atom is -0.479 e. The Labute approximate surface area is 243 Å². The molecule has 3 aromatic rings. The van der Waals surface area contributed by atoms with Gasteiger partial charge in [0.1, 0.15) is 17.2 Å². The second-order valence-electron chi connectivity index (χ2n) is 10.6. The van der Waals surface area contributed by atoms with Crippen LogP contribution in [0.25, 0.3) is 0 Å². The van der Waals surface area contributed by atoms with E-state index in [0.717, 1.165) is 0 Å². The van der Waals surface area contributed by atoms with Crippen LogP contribution in [0, 0.1) is 0 Å². The number of hydrogen-bond acceptors (Lipinski definition) is 8. The number of carbonyl (C=O) groups is 4. The quantitative estimate of drug-likeness (QED) is 0.276. The van der Waals surface area contributed by atoms with Gasteiger partial charge in [0.25, 0.3) is 5.91 Å². The number of thiazole rings is 1. The number of nitrogens with zero attached hydrogens (tertiary/aromatic N) is 1. The van der Waals surface area contributed by atoms with Crippen molar-refractivity contribution in [3.05, 3.63) is 83.4 Å². The van der Waals surface area contributed by atoms with Crippen LogP contribution in [0.5, 0.6) is 0 Å². The average molecular weight is 585 g/mol. The van der Waals surface area contributed by atoms with Gasteiger partial charge >= 0.3 is 18.2 Å². The van der Waals surface area contributed by atoms with Gasteiger partial charge in [0, 0.05) is 11.6 Å². The fraction of sp³-hybridized carbons (Fsp3) is 0.345. The molecule has 3 amide bonds. The highest BCUT2D eigenvalue weighted by molar-refractivity contribution is 7.13. The van der Waals surface area contributed by atoms with Crippen LogP contribution in [0.1, 0.15) is 64.8 Å². The van der Waals surface area contributed by atoms with E-state index in [4.69, 9.17) is 14.6 Å². The van der Waals surface area contributed by atoms with Crippen LogP contribution in [0.4, 0.5) is 14.7 Å². The third-order valence-corrected chi connectivity index (χ3v) is 5.45. The molecule has 1 aromatic heterocycles. The van der Waals surface area contributed by atoms with Crippen LogP contribution in [0.2, 0.25) is 0 Å². The Morgan fingerprint density at radius 1 is 0.756 bits per heavy atom. The number of benzene rings is 2. The Morgan fingerprint density at radius 3 is 1.59 bits per heavy atom. The van der Waals surface area contributed by atoms with Crippen LogP contribution in [-0.2, 0) is 19.1 Å². The second-order valence-corrected chi connectivity index (χ2v) is 11.5. The summed E-state index contributed by atoms with van der Waals surface area (Å²) in [6.07, 6.45) is 0.193. The Bertz CT molecular complexity index is 1270. The first-order valence-corrected chi connectivity index (χ1v) is 13.5. The van der Waals surface area contributed by atoms with Crippen LogP contribution in [0.3, 0.4) is 0 Å². The second kappa shape index (κ2) is 14.8. The summed E-state index contributed by atoms with van der Waals surface area (Å²) in [5.41, 5.74) is -0.149. The topological polar surface area (TPSA) is 156 Å². The average Bonchev–Trinajstić information content (AvgIpc) is 3.38. The normalized spacial score (nSPS) is 12.4. The standard InChI is InChI=1S/C16H19N3O3S.C13H17NO4/c1-16(2,3)22-15(21)18-12(11-7-5-4-6-8-11)13(20)19-14-17-9-10-23-14;1-13(2,3)18-12(17)14-10(11(15)16)9-7-5-4-6-8-9/h4-10,12H,1-3H3,(H,18,21)(H,17,19,20);4-8,10H,1-3H3,(H,14,17)(H,15,16). The summed E-state index contributed by atoms with van der Waals surface area (Å²) in [6.45, 7) is 10.4. The highest BCUT2D eigenvalue weighted by atomic mass is 32.1. The number of aromatic nitrogens is 1. The Morgan fingerprint density at radius 2 is 1.20 bits per heavy atom. The molecule has 41 heavy (non-hydrogen) atoms. The third-order valence-electron chi connectivity index (χ3n) is 4.76. The number of hydrogen-bond donors (Lipinski definition) is 4. The summed E-state index contributed by atoms with van der Waals surface area (Å²) in [6, 6.07) is 15.5. The van der Waals surface area contributed by atoms with Gasteiger partial charge in [0.05, 0.1) is 0 Å². The van der Waals surface area contributed by atoms with Crippen molar-refractivity contribution >= 4 is 40.5 Å². The Kier molecular flexibility index (Phi) is 11.8. The summed E-state index contributed by atoms with van der Waals surface area (Å²) in [7, 11) is 0. The zero-order valence-corrected chi connectivity index (χ0v) is 24.7. The molecule has 2 atom stereocenters. The molecule has 0 aliphatic rings. The molecular weight excluding hydrogens is 548 g/mol. The number of alkyl carbamates (subject to hydrolysis) is 2. The van der Waals surface area contributed by atoms with Crippen molar-refractivity contribution in [3.8, 4) is 0 Å². The van der Waals surface area contributed by atoms with Crippen molar-refractivity contribution in [2.24, 2.45) is 0 Å². The molecule has 0 radical (unpaired) electrons. The molecule has 0 spiro atoms. The van der Waals surface area contributed by atoms with Crippen LogP contribution in [0.15, 0.2) is 72.2 Å². The van der Waals surface area contributed by atoms with Gasteiger partial charge in [-0.25, -0.2) is 19.4 Å². The van der Waals surface area contributed by atoms with Gasteiger partial charge in [0.2, 0.25) is 0 Å². The van der Waals surface area contributed by atoms with Crippen molar-refractivity contribution < 1.29 is 33.8 Å². The van der Waals surface area contributed by atoms with E-state index in [-0.39, 0.29) is 5.91 Å². The number of carboxylic acid groups (broad SMARTS) is 1. The summed E-state index contributed by atoms with van der Waals surface area (Å²) < 4.78 is 10.3. The van der Waals surface area contributed by atoms with E-state index in [9.17, 15) is 19.2 Å². The SMILES string of the molecule is CC(C)(C)OC(=O)NC(C(=O)Nc1nccs1)c1ccccc1.CC(C)(C)OC(=O)NC(C(=O)O)c1ccccc1. The monoisotopic (exact) mass is 584 g/mol. The van der Waals surface area contributed by atoms with Crippen molar-refractivity contribution in [3.63, 3.8) is 0 Å². The molecule has 1 heterocycles. The summed E-state index contributed by atoms with van der Waals surface area (Å²) >= 11 is 1.31. The van der Waals surface area contributed by atoms with Crippen molar-refractivity contribution in [1.29, 1.82) is 0 Å². The lowest BCUT2D eigenvalue weighted by atomic mass is 10.1. The van der Waals surface area contributed by atoms with Gasteiger partial charge in [-0.2, -0.15) is 0 Å². The third kappa shape index (κ3) is 12.5. The van der Waals surface area contributed by atoms with Crippen LogP contribution < -0.4 is 16.0 Å². The first kappa shape index (κ1) is 32.8. The zero-order chi connectivity index (χ0) is 30.6. The van der Waals surface area contributed by atoms with E-state index in [1.54, 1.807) is 108 Å². The maximum absolute atomic E-state index is 12.5. The maximum Gasteiger partial charge on any atom is 0.408 e. The molecule has 0 aliphatic carbocycles. The summed E-state index contributed by atoms with van der Waals surface area (Å²) in [5, 5.41) is 19.0. The molecule has 0 saturated carbocycles. The van der Waals surface area contributed by atoms with Gasteiger partial charge in [-0.1, -0.05) is 60.7 Å². The number of carboxylic acids is 1. The van der Waals surface area contributed by atoms with Crippen molar-refractivity contribution in [2.75, 3.05) is 5.32 Å². The lowest BCUT2D eigenvalue weighted by Crippen LogP contribution is -2.40.